The summed E-state index contributed by atoms with van der Waals surface area (Å²) in [5.74, 6) is 0. The van der Waals surface area contributed by atoms with Crippen LogP contribution in [0.1, 0.15) is 20.8 Å². The fourth-order valence-corrected chi connectivity index (χ4v) is 2.10. The Labute approximate surface area is 114 Å². The first-order valence-corrected chi connectivity index (χ1v) is 6.53. The highest BCUT2D eigenvalue weighted by Crippen LogP contribution is 2.28. The van der Waals surface area contributed by atoms with Gasteiger partial charge in [-0.1, -0.05) is 6.07 Å². The molecule has 0 aliphatic heterocycles. The Hall–Kier alpha value is -1.81. The molecule has 1 heterocycles. The maximum Gasteiger partial charge on any atom is 0.0797 e. The molecule has 1 aromatic heterocycles. The average molecular weight is 259 g/mol. The van der Waals surface area contributed by atoms with Crippen molar-refractivity contribution in [3.8, 4) is 0 Å². The smallest absolute Gasteiger partial charge is 0.0797 e. The van der Waals surface area contributed by atoms with Gasteiger partial charge in [0.1, 0.15) is 0 Å². The quantitative estimate of drug-likeness (QED) is 0.810. The fourth-order valence-electron chi connectivity index (χ4n) is 2.10. The number of nitrogens with two attached hydrogens (primary N) is 1. The van der Waals surface area contributed by atoms with Crippen LogP contribution in [0.25, 0.3) is 10.8 Å². The normalized spacial score (nSPS) is 11.7. The molecule has 2 aromatic rings. The summed E-state index contributed by atoms with van der Waals surface area (Å²) >= 11 is 0. The van der Waals surface area contributed by atoms with Gasteiger partial charge in [0.25, 0.3) is 0 Å². The molecule has 0 atom stereocenters. The topological polar surface area (TPSA) is 60.2 Å². The van der Waals surface area contributed by atoms with E-state index in [0.29, 0.717) is 13.2 Å². The molecule has 0 aliphatic rings. The minimum absolute atomic E-state index is 0.214. The monoisotopic (exact) mass is 259 g/mol. The second-order valence-corrected chi connectivity index (χ2v) is 5.17. The van der Waals surface area contributed by atoms with E-state index in [4.69, 9.17) is 10.5 Å². The van der Waals surface area contributed by atoms with Crippen molar-refractivity contribution in [3.05, 3.63) is 30.6 Å². The number of fused-ring (bicyclic) bond motifs is 1. The van der Waals surface area contributed by atoms with Crippen molar-refractivity contribution in [2.45, 2.75) is 26.4 Å². The summed E-state index contributed by atoms with van der Waals surface area (Å²) in [6.45, 7) is 7.53. The number of benzene rings is 1. The van der Waals surface area contributed by atoms with Gasteiger partial charge in [0.2, 0.25) is 0 Å². The molecule has 0 unspecified atom stereocenters. The second kappa shape index (κ2) is 5.45. The summed E-state index contributed by atoms with van der Waals surface area (Å²) in [5.41, 5.74) is 7.67. The summed E-state index contributed by atoms with van der Waals surface area (Å²) in [4.78, 5) is 4.10. The van der Waals surface area contributed by atoms with Crippen LogP contribution in [0.4, 0.5) is 11.4 Å². The first-order chi connectivity index (χ1) is 9.03. The van der Waals surface area contributed by atoms with Gasteiger partial charge in [0.05, 0.1) is 17.0 Å². The second-order valence-electron chi connectivity index (χ2n) is 5.17. The van der Waals surface area contributed by atoms with Gasteiger partial charge in [-0.2, -0.15) is 0 Å². The molecule has 0 saturated heterocycles. The zero-order valence-corrected chi connectivity index (χ0v) is 11.7. The Kier molecular flexibility index (Phi) is 3.90. The van der Waals surface area contributed by atoms with Crippen LogP contribution in [0.2, 0.25) is 0 Å². The number of aromatic nitrogens is 1. The highest BCUT2D eigenvalue weighted by molar-refractivity contribution is 5.98. The van der Waals surface area contributed by atoms with E-state index in [1.807, 2.05) is 31.3 Å². The van der Waals surface area contributed by atoms with E-state index < -0.39 is 0 Å². The third kappa shape index (κ3) is 3.15. The molecule has 102 valence electrons. The number of hydrogen-bond acceptors (Lipinski definition) is 4. The van der Waals surface area contributed by atoms with Crippen molar-refractivity contribution in [3.63, 3.8) is 0 Å². The summed E-state index contributed by atoms with van der Waals surface area (Å²) in [6, 6.07) is 5.94. The molecule has 0 spiro atoms. The zero-order valence-electron chi connectivity index (χ0n) is 11.7. The number of ether oxygens (including phenoxy) is 1. The summed E-state index contributed by atoms with van der Waals surface area (Å²) < 4.78 is 5.67. The largest absolute Gasteiger partial charge is 0.397 e. The highest BCUT2D eigenvalue weighted by Gasteiger charge is 2.17. The van der Waals surface area contributed by atoms with E-state index in [-0.39, 0.29) is 5.60 Å². The molecule has 0 aliphatic carbocycles. The lowest BCUT2D eigenvalue weighted by Gasteiger charge is -2.26. The van der Waals surface area contributed by atoms with Crippen LogP contribution in [-0.2, 0) is 4.74 Å². The Morgan fingerprint density at radius 1 is 1.32 bits per heavy atom. The van der Waals surface area contributed by atoms with Crippen molar-refractivity contribution < 1.29 is 4.74 Å². The molecule has 2 rings (SSSR count). The number of hydrogen-bond donors (Lipinski definition) is 2. The summed E-state index contributed by atoms with van der Waals surface area (Å²) in [7, 11) is 0. The molecule has 0 fully saturated rings. The lowest BCUT2D eigenvalue weighted by Crippen LogP contribution is -2.33. The van der Waals surface area contributed by atoms with Crippen molar-refractivity contribution in [2.24, 2.45) is 0 Å². The first-order valence-electron chi connectivity index (χ1n) is 6.53. The van der Waals surface area contributed by atoms with E-state index >= 15 is 0 Å². The van der Waals surface area contributed by atoms with Gasteiger partial charge in [-0.05, 0) is 32.9 Å². The minimum atomic E-state index is -0.214. The van der Waals surface area contributed by atoms with Gasteiger partial charge >= 0.3 is 0 Å². The number of nitrogen functional groups attached to an aromatic ring is 1. The predicted molar refractivity (Wildman–Crippen MR) is 80.4 cm³/mol. The van der Waals surface area contributed by atoms with Crippen LogP contribution < -0.4 is 11.1 Å². The van der Waals surface area contributed by atoms with Crippen LogP contribution in [-0.4, -0.2) is 23.7 Å². The Balaban J connectivity index is 2.20. The SMILES string of the molecule is CCOC(C)(C)CNc1ccc2cnccc2c1N. The first kappa shape index (κ1) is 13.6. The number of rotatable bonds is 5. The van der Waals surface area contributed by atoms with E-state index in [0.717, 1.165) is 22.1 Å². The van der Waals surface area contributed by atoms with E-state index in [2.05, 4.69) is 24.1 Å². The summed E-state index contributed by atoms with van der Waals surface area (Å²) in [6.07, 6.45) is 3.58. The van der Waals surface area contributed by atoms with Gasteiger partial charge in [-0.15, -0.1) is 0 Å². The Morgan fingerprint density at radius 3 is 2.84 bits per heavy atom. The van der Waals surface area contributed by atoms with Crippen LogP contribution in [0.5, 0.6) is 0 Å². The van der Waals surface area contributed by atoms with E-state index in [1.54, 1.807) is 6.20 Å². The molecular weight excluding hydrogens is 238 g/mol. The molecule has 4 nitrogen and oxygen atoms in total. The van der Waals surface area contributed by atoms with Crippen LogP contribution >= 0.6 is 0 Å². The predicted octanol–water partition coefficient (Wildman–Crippen LogP) is 3.04. The van der Waals surface area contributed by atoms with Crippen molar-refractivity contribution >= 4 is 22.1 Å². The van der Waals surface area contributed by atoms with E-state index in [9.17, 15) is 0 Å². The standard InChI is InChI=1S/C15H21N3O/c1-4-19-15(2,3)10-18-13-6-5-11-9-17-8-7-12(11)14(13)16/h5-9,18H,4,10,16H2,1-3H3. The zero-order chi connectivity index (χ0) is 13.9. The third-order valence-corrected chi connectivity index (χ3v) is 3.10. The van der Waals surface area contributed by atoms with Gasteiger partial charge in [-0.3, -0.25) is 4.98 Å². The lowest BCUT2D eigenvalue weighted by atomic mass is 10.1. The molecule has 4 heteroatoms. The summed E-state index contributed by atoms with van der Waals surface area (Å²) in [5, 5.41) is 5.43. The fraction of sp³-hybridized carbons (Fsp3) is 0.400. The van der Waals surface area contributed by atoms with Gasteiger partial charge < -0.3 is 15.8 Å². The van der Waals surface area contributed by atoms with Gasteiger partial charge in [0.15, 0.2) is 0 Å². The number of nitrogens with one attached hydrogen (secondary N) is 1. The van der Waals surface area contributed by atoms with Gasteiger partial charge in [-0.25, -0.2) is 0 Å². The maximum absolute atomic E-state index is 6.19. The highest BCUT2D eigenvalue weighted by atomic mass is 16.5. The van der Waals surface area contributed by atoms with Crippen LogP contribution in [0, 0.1) is 0 Å². The average Bonchev–Trinajstić information content (AvgIpc) is 2.38. The maximum atomic E-state index is 6.19. The molecule has 1 aromatic carbocycles. The van der Waals surface area contributed by atoms with E-state index in [1.165, 1.54) is 0 Å². The molecule has 0 radical (unpaired) electrons. The van der Waals surface area contributed by atoms with Crippen LogP contribution in [0.3, 0.4) is 0 Å². The Bertz CT molecular complexity index is 566. The minimum Gasteiger partial charge on any atom is -0.397 e. The number of anilines is 2. The number of nitrogens with zero attached hydrogens (tertiary/aromatic N) is 1. The molecule has 0 amide bonds. The number of pyridine rings is 1. The molecular formula is C15H21N3O. The van der Waals surface area contributed by atoms with Crippen molar-refractivity contribution in [1.82, 2.24) is 4.98 Å². The lowest BCUT2D eigenvalue weighted by molar-refractivity contribution is 0.000711. The third-order valence-electron chi connectivity index (χ3n) is 3.10. The van der Waals surface area contributed by atoms with Crippen molar-refractivity contribution in [1.29, 1.82) is 0 Å². The van der Waals surface area contributed by atoms with Crippen molar-refractivity contribution in [2.75, 3.05) is 24.2 Å². The Morgan fingerprint density at radius 2 is 2.11 bits per heavy atom. The molecule has 0 saturated carbocycles. The van der Waals surface area contributed by atoms with Crippen LogP contribution in [0.15, 0.2) is 30.6 Å². The molecule has 19 heavy (non-hydrogen) atoms. The molecule has 0 bridgehead atoms. The molecule has 3 N–H and O–H groups in total. The van der Waals surface area contributed by atoms with Gasteiger partial charge in [0, 0.05) is 36.3 Å².